The summed E-state index contributed by atoms with van der Waals surface area (Å²) in [5.74, 6) is 0. The molecule has 0 aliphatic heterocycles. The van der Waals surface area contributed by atoms with Crippen LogP contribution in [0.25, 0.3) is 0 Å². The van der Waals surface area contributed by atoms with E-state index in [0.29, 0.717) is 0 Å². The van der Waals surface area contributed by atoms with Gasteiger partial charge in [-0.25, -0.2) is 0 Å². The van der Waals surface area contributed by atoms with Crippen LogP contribution in [0.15, 0.2) is 37.4 Å². The van der Waals surface area contributed by atoms with E-state index in [-0.39, 0.29) is 0 Å². The summed E-state index contributed by atoms with van der Waals surface area (Å²) >= 11 is 0. The van der Waals surface area contributed by atoms with Gasteiger partial charge in [0.15, 0.2) is 0 Å². The van der Waals surface area contributed by atoms with E-state index in [0.717, 1.165) is 24.1 Å². The number of nitrogens with two attached hydrogens (primary N) is 1. The van der Waals surface area contributed by atoms with Crippen LogP contribution in [-0.4, -0.2) is 0 Å². The Morgan fingerprint density at radius 2 is 2.00 bits per heavy atom. The van der Waals surface area contributed by atoms with Crippen LogP contribution in [0.4, 0.5) is 5.69 Å². The lowest BCUT2D eigenvalue weighted by Crippen LogP contribution is -1.98. The summed E-state index contributed by atoms with van der Waals surface area (Å²) in [5, 5.41) is 0. The highest BCUT2D eigenvalue weighted by Crippen LogP contribution is 2.18. The van der Waals surface area contributed by atoms with Crippen molar-refractivity contribution in [2.45, 2.75) is 12.8 Å². The maximum atomic E-state index is 5.80. The third kappa shape index (κ3) is 2.22. The van der Waals surface area contributed by atoms with E-state index in [2.05, 4.69) is 19.2 Å². The van der Waals surface area contributed by atoms with Crippen molar-refractivity contribution in [1.29, 1.82) is 0 Å². The fourth-order valence-corrected chi connectivity index (χ4v) is 1.32. The topological polar surface area (TPSA) is 26.0 Å². The van der Waals surface area contributed by atoms with Gasteiger partial charge in [0.05, 0.1) is 0 Å². The number of anilines is 1. The molecule has 1 heteroatoms. The van der Waals surface area contributed by atoms with Crippen molar-refractivity contribution in [3.8, 4) is 0 Å². The molecule has 0 fully saturated rings. The van der Waals surface area contributed by atoms with Crippen molar-refractivity contribution in [2.24, 2.45) is 0 Å². The number of allylic oxidation sites excluding steroid dienone is 2. The van der Waals surface area contributed by atoms with Gasteiger partial charge < -0.3 is 5.73 Å². The van der Waals surface area contributed by atoms with Crippen molar-refractivity contribution < 1.29 is 0 Å². The average Bonchev–Trinajstić information content (AvgIpc) is 2.11. The van der Waals surface area contributed by atoms with Gasteiger partial charge in [-0.3, -0.25) is 0 Å². The number of nitrogen functional groups attached to an aromatic ring is 1. The zero-order valence-corrected chi connectivity index (χ0v) is 7.72. The summed E-state index contributed by atoms with van der Waals surface area (Å²) in [6.07, 6.45) is 5.38. The number of hydrogen-bond acceptors (Lipinski definition) is 1. The Morgan fingerprint density at radius 1 is 1.31 bits per heavy atom. The first-order valence-corrected chi connectivity index (χ1v) is 4.29. The Kier molecular flexibility index (Phi) is 3.32. The Bertz CT molecular complexity index is 313. The average molecular weight is 172 g/mol. The molecule has 1 aromatic rings. The highest BCUT2D eigenvalue weighted by Gasteiger charge is 2.02. The van der Waals surface area contributed by atoms with Crippen LogP contribution in [0.1, 0.15) is 11.1 Å². The van der Waals surface area contributed by atoms with Gasteiger partial charge >= 0.3 is 0 Å². The van der Waals surface area contributed by atoms with Crippen LogP contribution in [0.2, 0.25) is 0 Å². The molecule has 0 saturated carbocycles. The second-order valence-corrected chi connectivity index (χ2v) is 2.88. The molecular formula is C12H14N. The predicted octanol–water partition coefficient (Wildman–Crippen LogP) is 2.53. The standard InChI is InChI=1S/C12H14N/c1-3-6-10-8-5-9-12(13)11(10)7-4-2/h3-5,8H,1-2,6-7,13H2. The highest BCUT2D eigenvalue weighted by atomic mass is 14.6. The van der Waals surface area contributed by atoms with Crippen LogP contribution in [0.3, 0.4) is 0 Å². The fraction of sp³-hybridized carbons (Fsp3) is 0.167. The minimum Gasteiger partial charge on any atom is -0.398 e. The molecule has 2 N–H and O–H groups in total. The van der Waals surface area contributed by atoms with Gasteiger partial charge in [-0.2, -0.15) is 0 Å². The first kappa shape index (κ1) is 9.59. The van der Waals surface area contributed by atoms with Crippen molar-refractivity contribution in [1.82, 2.24) is 0 Å². The quantitative estimate of drug-likeness (QED) is 0.548. The lowest BCUT2D eigenvalue weighted by Gasteiger charge is -2.08. The molecule has 0 amide bonds. The van der Waals surface area contributed by atoms with Crippen LogP contribution in [-0.2, 0) is 12.8 Å². The van der Waals surface area contributed by atoms with Crippen molar-refractivity contribution in [2.75, 3.05) is 5.73 Å². The van der Waals surface area contributed by atoms with Crippen molar-refractivity contribution in [3.05, 3.63) is 54.6 Å². The van der Waals surface area contributed by atoms with Crippen LogP contribution >= 0.6 is 0 Å². The minimum atomic E-state index is 0.722. The van der Waals surface area contributed by atoms with E-state index in [9.17, 15) is 0 Å². The van der Waals surface area contributed by atoms with Gasteiger partial charge in [-0.1, -0.05) is 24.3 Å². The molecular weight excluding hydrogens is 158 g/mol. The molecule has 0 bridgehead atoms. The second-order valence-electron chi connectivity index (χ2n) is 2.88. The lowest BCUT2D eigenvalue weighted by atomic mass is 10.00. The monoisotopic (exact) mass is 172 g/mol. The molecule has 0 atom stereocenters. The minimum absolute atomic E-state index is 0.722. The van der Waals surface area contributed by atoms with E-state index < -0.39 is 0 Å². The summed E-state index contributed by atoms with van der Waals surface area (Å²) in [5.41, 5.74) is 8.86. The predicted molar refractivity (Wildman–Crippen MR) is 57.5 cm³/mol. The molecule has 0 spiro atoms. The van der Waals surface area contributed by atoms with E-state index in [1.807, 2.05) is 24.3 Å². The zero-order chi connectivity index (χ0) is 9.68. The van der Waals surface area contributed by atoms with Crippen LogP contribution < -0.4 is 5.73 Å². The molecule has 1 aromatic carbocycles. The Balaban J connectivity index is 3.08. The van der Waals surface area contributed by atoms with Gasteiger partial charge in [0.25, 0.3) is 0 Å². The van der Waals surface area contributed by atoms with E-state index in [1.54, 1.807) is 0 Å². The van der Waals surface area contributed by atoms with Gasteiger partial charge in [0.1, 0.15) is 0 Å². The highest BCUT2D eigenvalue weighted by molar-refractivity contribution is 5.51. The third-order valence-electron chi connectivity index (χ3n) is 1.95. The van der Waals surface area contributed by atoms with E-state index >= 15 is 0 Å². The maximum Gasteiger partial charge on any atom is 0.0433 e. The molecule has 0 saturated heterocycles. The molecule has 1 nitrogen and oxygen atoms in total. The third-order valence-corrected chi connectivity index (χ3v) is 1.95. The second kappa shape index (κ2) is 4.51. The normalized spacial score (nSPS) is 9.54. The first-order chi connectivity index (χ1) is 6.29. The Morgan fingerprint density at radius 3 is 2.62 bits per heavy atom. The zero-order valence-electron chi connectivity index (χ0n) is 7.72. The Hall–Kier alpha value is -1.50. The first-order valence-electron chi connectivity index (χ1n) is 4.29. The molecule has 13 heavy (non-hydrogen) atoms. The van der Waals surface area contributed by atoms with E-state index in [4.69, 9.17) is 5.73 Å². The summed E-state index contributed by atoms with van der Waals surface area (Å²) in [4.78, 5) is 0. The molecule has 0 heterocycles. The van der Waals surface area contributed by atoms with Crippen molar-refractivity contribution >= 4 is 5.69 Å². The SMILES string of the molecule is C=CCc1cc[c]c(N)c1CC=C. The van der Waals surface area contributed by atoms with Gasteiger partial charge in [-0.05, 0) is 24.0 Å². The van der Waals surface area contributed by atoms with Gasteiger partial charge in [0, 0.05) is 11.8 Å². The smallest absolute Gasteiger partial charge is 0.0433 e. The Labute approximate surface area is 79.6 Å². The molecule has 1 rings (SSSR count). The number of rotatable bonds is 4. The molecule has 1 radical (unpaired) electrons. The maximum absolute atomic E-state index is 5.80. The molecule has 0 aromatic heterocycles. The molecule has 0 unspecified atom stereocenters. The lowest BCUT2D eigenvalue weighted by molar-refractivity contribution is 1.16. The van der Waals surface area contributed by atoms with E-state index in [1.165, 1.54) is 5.56 Å². The summed E-state index contributed by atoms with van der Waals surface area (Å²) in [6.45, 7) is 7.41. The van der Waals surface area contributed by atoms with Crippen LogP contribution in [0.5, 0.6) is 0 Å². The van der Waals surface area contributed by atoms with Gasteiger partial charge in [0.2, 0.25) is 0 Å². The van der Waals surface area contributed by atoms with Gasteiger partial charge in [-0.15, -0.1) is 13.2 Å². The number of hydrogen-bond donors (Lipinski definition) is 1. The molecule has 0 aliphatic rings. The van der Waals surface area contributed by atoms with Crippen molar-refractivity contribution in [3.63, 3.8) is 0 Å². The van der Waals surface area contributed by atoms with Crippen LogP contribution in [0, 0.1) is 6.07 Å². The molecule has 0 aliphatic carbocycles. The largest absolute Gasteiger partial charge is 0.398 e. The fourth-order valence-electron chi connectivity index (χ4n) is 1.32. The summed E-state index contributed by atoms with van der Waals surface area (Å²) < 4.78 is 0. The number of benzene rings is 1. The molecule has 67 valence electrons. The summed E-state index contributed by atoms with van der Waals surface area (Å²) in [6, 6.07) is 6.85. The summed E-state index contributed by atoms with van der Waals surface area (Å²) in [7, 11) is 0.